The highest BCUT2D eigenvalue weighted by atomic mass is 35.5. The van der Waals surface area contributed by atoms with Crippen molar-refractivity contribution in [2.24, 2.45) is 0 Å². The van der Waals surface area contributed by atoms with Crippen LogP contribution in [-0.4, -0.2) is 0 Å². The Labute approximate surface area is 147 Å². The average Bonchev–Trinajstić information content (AvgIpc) is 2.49. The molecule has 0 fully saturated rings. The van der Waals surface area contributed by atoms with Gasteiger partial charge in [0.2, 0.25) is 0 Å². The number of hydrogen-bond acceptors (Lipinski definition) is 0. The third-order valence-corrected chi connectivity index (χ3v) is 5.40. The number of rotatable bonds is 0. The second-order valence-corrected chi connectivity index (χ2v) is 6.85. The number of fused-ring (bicyclic) bond motifs is 3. The fourth-order valence-electron chi connectivity index (χ4n) is 2.76. The van der Waals surface area contributed by atoms with E-state index < -0.39 is 0 Å². The van der Waals surface area contributed by atoms with Crippen molar-refractivity contribution in [3.8, 4) is 0 Å². The van der Waals surface area contributed by atoms with Crippen molar-refractivity contribution in [1.29, 1.82) is 0 Å². The molecule has 108 valence electrons. The minimum absolute atomic E-state index is 0.551. The van der Waals surface area contributed by atoms with Crippen molar-refractivity contribution in [3.63, 3.8) is 0 Å². The fraction of sp³-hybridized carbons (Fsp3) is 0. The van der Waals surface area contributed by atoms with Crippen molar-refractivity contribution in [2.45, 2.75) is 0 Å². The average molecular weight is 366 g/mol. The summed E-state index contributed by atoms with van der Waals surface area (Å²) in [6.45, 7) is 0. The number of hydrogen-bond donors (Lipinski definition) is 0. The van der Waals surface area contributed by atoms with Crippen LogP contribution >= 0.6 is 46.4 Å². The third-order valence-electron chi connectivity index (χ3n) is 3.86. The van der Waals surface area contributed by atoms with E-state index in [1.807, 2.05) is 24.3 Å². The van der Waals surface area contributed by atoms with E-state index in [1.165, 1.54) is 0 Å². The summed E-state index contributed by atoms with van der Waals surface area (Å²) in [5.74, 6) is 0. The molecule has 0 aliphatic heterocycles. The summed E-state index contributed by atoms with van der Waals surface area (Å²) in [4.78, 5) is 0. The van der Waals surface area contributed by atoms with Crippen molar-refractivity contribution >= 4 is 78.7 Å². The molecule has 4 rings (SSSR count). The predicted octanol–water partition coefficient (Wildman–Crippen LogP) is 7.76. The summed E-state index contributed by atoms with van der Waals surface area (Å²) in [7, 11) is 0. The van der Waals surface area contributed by atoms with E-state index >= 15 is 0 Å². The Morgan fingerprint density at radius 2 is 0.955 bits per heavy atom. The molecule has 0 atom stereocenters. The van der Waals surface area contributed by atoms with Crippen molar-refractivity contribution < 1.29 is 0 Å². The Morgan fingerprint density at radius 1 is 0.455 bits per heavy atom. The zero-order valence-corrected chi connectivity index (χ0v) is 14.2. The highest BCUT2D eigenvalue weighted by molar-refractivity contribution is 6.45. The van der Waals surface area contributed by atoms with Gasteiger partial charge < -0.3 is 0 Å². The molecule has 0 aliphatic rings. The van der Waals surface area contributed by atoms with E-state index in [2.05, 4.69) is 24.3 Å². The lowest BCUT2D eigenvalue weighted by atomic mass is 10.00. The molecule has 4 aromatic carbocycles. The highest BCUT2D eigenvalue weighted by Crippen LogP contribution is 2.36. The first-order valence-electron chi connectivity index (χ1n) is 6.63. The van der Waals surface area contributed by atoms with Crippen molar-refractivity contribution in [3.05, 3.63) is 68.6 Å². The van der Waals surface area contributed by atoms with Crippen LogP contribution in [0.5, 0.6) is 0 Å². The predicted molar refractivity (Wildman–Crippen MR) is 99.0 cm³/mol. The standard InChI is InChI=1S/C18H8Cl4/c19-15-2-1-9-3-10-4-12-7-16(20)17(21)8-13(12)5-11(10)6-14(9)18(15)22/h1-8H. The van der Waals surface area contributed by atoms with Gasteiger partial charge in [-0.3, -0.25) is 0 Å². The molecule has 0 saturated heterocycles. The van der Waals surface area contributed by atoms with Crippen LogP contribution in [-0.2, 0) is 0 Å². The Morgan fingerprint density at radius 3 is 1.59 bits per heavy atom. The Bertz CT molecular complexity index is 1060. The minimum atomic E-state index is 0.551. The smallest absolute Gasteiger partial charge is 0.0670 e. The molecule has 4 heteroatoms. The summed E-state index contributed by atoms with van der Waals surface area (Å²) in [6, 6.07) is 15.9. The van der Waals surface area contributed by atoms with Crippen LogP contribution in [0.25, 0.3) is 32.3 Å². The molecule has 0 saturated carbocycles. The van der Waals surface area contributed by atoms with Gasteiger partial charge >= 0.3 is 0 Å². The van der Waals surface area contributed by atoms with Gasteiger partial charge in [0.15, 0.2) is 0 Å². The van der Waals surface area contributed by atoms with Gasteiger partial charge in [0.25, 0.3) is 0 Å². The molecule has 22 heavy (non-hydrogen) atoms. The normalized spacial score (nSPS) is 11.6. The first-order valence-corrected chi connectivity index (χ1v) is 8.14. The molecule has 4 aromatic rings. The van der Waals surface area contributed by atoms with Crippen LogP contribution < -0.4 is 0 Å². The molecule has 0 amide bonds. The molecule has 0 N–H and O–H groups in total. The zero-order valence-electron chi connectivity index (χ0n) is 11.1. The molecule has 0 radical (unpaired) electrons. The summed E-state index contributed by atoms with van der Waals surface area (Å²) in [6.07, 6.45) is 0. The monoisotopic (exact) mass is 364 g/mol. The van der Waals surface area contributed by atoms with Crippen LogP contribution in [0.3, 0.4) is 0 Å². The number of benzene rings is 4. The molecular weight excluding hydrogens is 358 g/mol. The van der Waals surface area contributed by atoms with Crippen molar-refractivity contribution in [2.75, 3.05) is 0 Å². The molecular formula is C18H8Cl4. The molecule has 0 heterocycles. The van der Waals surface area contributed by atoms with Gasteiger partial charge in [-0.2, -0.15) is 0 Å². The molecule has 0 unspecified atom stereocenters. The van der Waals surface area contributed by atoms with Gasteiger partial charge in [0.05, 0.1) is 20.1 Å². The van der Waals surface area contributed by atoms with Gasteiger partial charge in [-0.25, -0.2) is 0 Å². The maximum Gasteiger partial charge on any atom is 0.0670 e. The maximum absolute atomic E-state index is 6.32. The quantitative estimate of drug-likeness (QED) is 0.279. The third kappa shape index (κ3) is 2.23. The van der Waals surface area contributed by atoms with Crippen LogP contribution in [0.2, 0.25) is 20.1 Å². The van der Waals surface area contributed by atoms with E-state index in [-0.39, 0.29) is 0 Å². The summed E-state index contributed by atoms with van der Waals surface area (Å²) in [5, 5.41) is 8.56. The number of halogens is 4. The van der Waals surface area contributed by atoms with Crippen LogP contribution in [0.4, 0.5) is 0 Å². The Hall–Kier alpha value is -1.18. The molecule has 0 nitrogen and oxygen atoms in total. The van der Waals surface area contributed by atoms with Gasteiger partial charge in [-0.05, 0) is 69.4 Å². The van der Waals surface area contributed by atoms with Gasteiger partial charge in [-0.1, -0.05) is 52.5 Å². The topological polar surface area (TPSA) is 0 Å². The summed E-state index contributed by atoms with van der Waals surface area (Å²) >= 11 is 24.6. The summed E-state index contributed by atoms with van der Waals surface area (Å²) < 4.78 is 0. The Balaban J connectivity index is 2.14. The molecule has 0 aliphatic carbocycles. The zero-order chi connectivity index (χ0) is 15.4. The van der Waals surface area contributed by atoms with E-state index in [0.29, 0.717) is 20.1 Å². The highest BCUT2D eigenvalue weighted by Gasteiger charge is 2.08. The van der Waals surface area contributed by atoms with Gasteiger partial charge in [0.1, 0.15) is 0 Å². The molecule has 0 spiro atoms. The second-order valence-electron chi connectivity index (χ2n) is 5.25. The van der Waals surface area contributed by atoms with E-state index in [0.717, 1.165) is 32.3 Å². The Kier molecular flexibility index (Phi) is 3.39. The lowest BCUT2D eigenvalue weighted by molar-refractivity contribution is 1.76. The minimum Gasteiger partial charge on any atom is -0.0827 e. The van der Waals surface area contributed by atoms with Crippen LogP contribution in [0.15, 0.2) is 48.5 Å². The molecule has 0 aromatic heterocycles. The molecule has 0 bridgehead atoms. The first-order chi connectivity index (χ1) is 10.5. The van der Waals surface area contributed by atoms with Crippen LogP contribution in [0, 0.1) is 0 Å². The maximum atomic E-state index is 6.32. The SMILES string of the molecule is Clc1cc2cc3cc4ccc(Cl)c(Cl)c4cc3cc2cc1Cl. The summed E-state index contributed by atoms with van der Waals surface area (Å²) in [5.41, 5.74) is 0. The van der Waals surface area contributed by atoms with Crippen molar-refractivity contribution in [1.82, 2.24) is 0 Å². The first kappa shape index (κ1) is 14.4. The van der Waals surface area contributed by atoms with E-state index in [9.17, 15) is 0 Å². The van der Waals surface area contributed by atoms with Gasteiger partial charge in [-0.15, -0.1) is 0 Å². The lowest BCUT2D eigenvalue weighted by Gasteiger charge is -2.08. The largest absolute Gasteiger partial charge is 0.0827 e. The van der Waals surface area contributed by atoms with Gasteiger partial charge in [0, 0.05) is 5.39 Å². The van der Waals surface area contributed by atoms with Crippen LogP contribution in [0.1, 0.15) is 0 Å². The van der Waals surface area contributed by atoms with E-state index in [1.54, 1.807) is 0 Å². The lowest BCUT2D eigenvalue weighted by Crippen LogP contribution is -1.81. The fourth-order valence-corrected chi connectivity index (χ4v) is 3.49. The van der Waals surface area contributed by atoms with E-state index in [4.69, 9.17) is 46.4 Å². The second kappa shape index (κ2) is 5.18.